The van der Waals surface area contributed by atoms with E-state index in [1.54, 1.807) is 31.6 Å². The molecule has 0 amide bonds. The normalized spacial score (nSPS) is 12.5. The number of carbonyl (C=O) groups excluding carboxylic acids is 1. The van der Waals surface area contributed by atoms with Crippen LogP contribution in [-0.2, 0) is 17.8 Å². The summed E-state index contributed by atoms with van der Waals surface area (Å²) in [6.45, 7) is 3.39. The summed E-state index contributed by atoms with van der Waals surface area (Å²) in [5, 5.41) is 16.6. The van der Waals surface area contributed by atoms with Gasteiger partial charge in [-0.25, -0.2) is 39.5 Å². The molecule has 0 spiro atoms. The Balaban J connectivity index is 0.000000147. The van der Waals surface area contributed by atoms with Crippen molar-refractivity contribution in [3.8, 4) is 0 Å². The maximum atomic E-state index is 11.9. The summed E-state index contributed by atoms with van der Waals surface area (Å²) in [7, 11) is 0. The topological polar surface area (TPSA) is 221 Å². The van der Waals surface area contributed by atoms with Crippen molar-refractivity contribution in [1.82, 2.24) is 39.9 Å². The molecule has 0 aromatic carbocycles. The molecule has 8 rings (SSSR count). The first kappa shape index (κ1) is 28.2. The number of hydrogen-bond donors (Lipinski definition) is 5. The SMILES string of the molecule is CCOC(=O)c1cc2c(Nc3cc4c(cn3)CN=C4)ncnc2[nH]1.O=C(O)c1cc2c(Nc3cc4c(cn3)CN=C4)ncnc2[nH]1. The van der Waals surface area contributed by atoms with E-state index in [1.807, 2.05) is 18.3 Å². The average molecular weight is 617 g/mol. The number of aliphatic imine (C=N–C) groups is 2. The van der Waals surface area contributed by atoms with Crippen LogP contribution < -0.4 is 10.6 Å². The monoisotopic (exact) mass is 616 g/mol. The molecule has 0 atom stereocenters. The highest BCUT2D eigenvalue weighted by molar-refractivity contribution is 5.99. The number of anilines is 4. The molecule has 5 N–H and O–H groups in total. The number of pyridine rings is 2. The van der Waals surface area contributed by atoms with Gasteiger partial charge < -0.3 is 30.4 Å². The van der Waals surface area contributed by atoms with Crippen molar-refractivity contribution in [3.05, 3.63) is 83.0 Å². The number of carboxylic acids is 1. The predicted octanol–water partition coefficient (Wildman–Crippen LogP) is 3.93. The average Bonchev–Trinajstić information content (AvgIpc) is 3.87. The van der Waals surface area contributed by atoms with Gasteiger partial charge in [-0.05, 0) is 31.2 Å². The van der Waals surface area contributed by atoms with E-state index in [0.29, 0.717) is 70.7 Å². The van der Waals surface area contributed by atoms with Crippen molar-refractivity contribution >= 4 is 69.7 Å². The van der Waals surface area contributed by atoms with Crippen LogP contribution in [0, 0.1) is 0 Å². The Bertz CT molecular complexity index is 2200. The van der Waals surface area contributed by atoms with Gasteiger partial charge in [0.15, 0.2) is 0 Å². The van der Waals surface area contributed by atoms with Crippen molar-refractivity contribution in [2.75, 3.05) is 17.2 Å². The van der Waals surface area contributed by atoms with E-state index >= 15 is 0 Å². The Morgan fingerprint density at radius 2 is 1.28 bits per heavy atom. The van der Waals surface area contributed by atoms with Crippen molar-refractivity contribution in [1.29, 1.82) is 0 Å². The third-order valence-electron chi connectivity index (χ3n) is 7.10. The Labute approximate surface area is 259 Å². The van der Waals surface area contributed by atoms with Gasteiger partial charge in [0.2, 0.25) is 0 Å². The van der Waals surface area contributed by atoms with E-state index in [9.17, 15) is 9.59 Å². The van der Waals surface area contributed by atoms with Crippen molar-refractivity contribution in [3.63, 3.8) is 0 Å². The minimum Gasteiger partial charge on any atom is -0.477 e. The number of carbonyl (C=O) groups is 2. The lowest BCUT2D eigenvalue weighted by molar-refractivity contribution is 0.0520. The highest BCUT2D eigenvalue weighted by Crippen LogP contribution is 2.26. The predicted molar refractivity (Wildman–Crippen MR) is 168 cm³/mol. The maximum Gasteiger partial charge on any atom is 0.354 e. The zero-order chi connectivity index (χ0) is 31.6. The summed E-state index contributed by atoms with van der Waals surface area (Å²) in [5.74, 6) is 0.862. The smallest absolute Gasteiger partial charge is 0.354 e. The third-order valence-corrected chi connectivity index (χ3v) is 7.10. The van der Waals surface area contributed by atoms with Crippen LogP contribution in [0.25, 0.3) is 22.1 Å². The second kappa shape index (κ2) is 11.8. The van der Waals surface area contributed by atoms with Gasteiger partial charge >= 0.3 is 11.9 Å². The number of rotatable bonds is 7. The molecule has 8 heterocycles. The van der Waals surface area contributed by atoms with E-state index in [0.717, 1.165) is 22.3 Å². The zero-order valence-electron chi connectivity index (χ0n) is 24.1. The molecule has 16 nitrogen and oxygen atoms in total. The zero-order valence-corrected chi connectivity index (χ0v) is 24.1. The molecule has 0 unspecified atom stereocenters. The second-order valence-corrected chi connectivity index (χ2v) is 10.1. The molecular formula is C30H24N12O4. The van der Waals surface area contributed by atoms with Gasteiger partial charge in [0.05, 0.1) is 30.5 Å². The van der Waals surface area contributed by atoms with Crippen LogP contribution in [0.3, 0.4) is 0 Å². The Kier molecular flexibility index (Phi) is 7.26. The Morgan fingerprint density at radius 3 is 1.80 bits per heavy atom. The lowest BCUT2D eigenvalue weighted by Crippen LogP contribution is -2.04. The largest absolute Gasteiger partial charge is 0.477 e. The van der Waals surface area contributed by atoms with Gasteiger partial charge in [-0.3, -0.25) is 9.98 Å². The van der Waals surface area contributed by atoms with Crippen LogP contribution in [0.1, 0.15) is 50.2 Å². The minimum atomic E-state index is -1.05. The van der Waals surface area contributed by atoms with Crippen molar-refractivity contribution in [2.24, 2.45) is 9.98 Å². The number of carboxylic acid groups (broad SMARTS) is 1. The number of nitrogens with one attached hydrogen (secondary N) is 4. The number of H-pyrrole nitrogens is 2. The molecule has 16 heteroatoms. The Morgan fingerprint density at radius 1 is 0.761 bits per heavy atom. The van der Waals surface area contributed by atoms with Crippen LogP contribution in [0.4, 0.5) is 23.3 Å². The molecule has 0 fully saturated rings. The first-order valence-electron chi connectivity index (χ1n) is 14.0. The molecule has 0 radical (unpaired) electrons. The van der Waals surface area contributed by atoms with Gasteiger partial charge in [0.1, 0.15) is 58.6 Å². The number of fused-ring (bicyclic) bond motifs is 4. The number of aromatic amines is 2. The van der Waals surface area contributed by atoms with Crippen molar-refractivity contribution in [2.45, 2.75) is 20.0 Å². The third kappa shape index (κ3) is 5.57. The number of nitrogens with zero attached hydrogens (tertiary/aromatic N) is 8. The molecule has 6 aromatic heterocycles. The second-order valence-electron chi connectivity index (χ2n) is 10.1. The van der Waals surface area contributed by atoms with Gasteiger partial charge in [0, 0.05) is 47.1 Å². The van der Waals surface area contributed by atoms with Gasteiger partial charge in [0.25, 0.3) is 0 Å². The van der Waals surface area contributed by atoms with Gasteiger partial charge in [-0.15, -0.1) is 0 Å². The number of aromatic carboxylic acids is 1. The molecule has 2 aliphatic rings. The summed E-state index contributed by atoms with van der Waals surface area (Å²) >= 11 is 0. The van der Waals surface area contributed by atoms with Gasteiger partial charge in [-0.2, -0.15) is 0 Å². The van der Waals surface area contributed by atoms with Crippen molar-refractivity contribution < 1.29 is 19.4 Å². The standard InChI is InChI=1S/C16H14N6O2.C14H10N6O2/c1-2-24-16(23)12-4-11-14(21-12)19-8-20-15(11)22-13-3-9-5-17-6-10(9)7-18-13;21-14(22)10-2-9-12(19-10)17-6-18-13(9)20-11-1-7-3-15-4-8(7)5-16-11/h3-5,7-8H,2,6H2,1H3,(H2,18,19,20,21,22);1-3,5-6H,4H2,(H,21,22)(H2,16,17,18,19,20). The van der Waals surface area contributed by atoms with Crippen LogP contribution in [0.15, 0.2) is 59.3 Å². The fourth-order valence-electron chi connectivity index (χ4n) is 4.88. The first-order chi connectivity index (χ1) is 22.4. The first-order valence-corrected chi connectivity index (χ1v) is 14.0. The van der Waals surface area contributed by atoms with E-state index < -0.39 is 11.9 Å². The summed E-state index contributed by atoms with van der Waals surface area (Å²) in [6, 6.07) is 6.96. The minimum absolute atomic E-state index is 0.0626. The summed E-state index contributed by atoms with van der Waals surface area (Å²) in [6.07, 6.45) is 9.98. The molecule has 0 aliphatic carbocycles. The summed E-state index contributed by atoms with van der Waals surface area (Å²) in [5.41, 5.74) is 5.64. The molecular weight excluding hydrogens is 592 g/mol. The lowest BCUT2D eigenvalue weighted by Gasteiger charge is -2.06. The molecule has 2 aliphatic heterocycles. The molecule has 0 bridgehead atoms. The summed E-state index contributed by atoms with van der Waals surface area (Å²) < 4.78 is 5.00. The molecule has 6 aromatic rings. The van der Waals surface area contributed by atoms with E-state index in [2.05, 4.69) is 60.5 Å². The highest BCUT2D eigenvalue weighted by atomic mass is 16.5. The quantitative estimate of drug-likeness (QED) is 0.161. The van der Waals surface area contributed by atoms with E-state index in [1.165, 1.54) is 18.7 Å². The van der Waals surface area contributed by atoms with Crippen LogP contribution >= 0.6 is 0 Å². The molecule has 228 valence electrons. The number of esters is 1. The lowest BCUT2D eigenvalue weighted by atomic mass is 10.2. The number of aromatic nitrogens is 8. The fourth-order valence-corrected chi connectivity index (χ4v) is 4.88. The highest BCUT2D eigenvalue weighted by Gasteiger charge is 2.16. The molecule has 46 heavy (non-hydrogen) atoms. The van der Waals surface area contributed by atoms with E-state index in [4.69, 9.17) is 9.84 Å². The fraction of sp³-hybridized carbons (Fsp3) is 0.133. The Hall–Kier alpha value is -6.58. The van der Waals surface area contributed by atoms with Gasteiger partial charge in [-0.1, -0.05) is 0 Å². The summed E-state index contributed by atoms with van der Waals surface area (Å²) in [4.78, 5) is 62.2. The van der Waals surface area contributed by atoms with E-state index in [-0.39, 0.29) is 5.69 Å². The number of ether oxygens (including phenoxy) is 1. The molecule has 0 saturated carbocycles. The maximum absolute atomic E-state index is 11.9. The van der Waals surface area contributed by atoms with Crippen LogP contribution in [0.2, 0.25) is 0 Å². The van der Waals surface area contributed by atoms with Crippen LogP contribution in [-0.4, -0.2) is 76.0 Å². The number of hydrogen-bond acceptors (Lipinski definition) is 13. The molecule has 0 saturated heterocycles. The van der Waals surface area contributed by atoms with Crippen LogP contribution in [0.5, 0.6) is 0 Å².